The molecular formula is C30H34N6O3. The first-order valence-electron chi connectivity index (χ1n) is 13.4. The molecule has 0 radical (unpaired) electrons. The number of benzene rings is 1. The fraction of sp³-hybridized carbons (Fsp3) is 0.400. The number of rotatable bonds is 8. The van der Waals surface area contributed by atoms with Gasteiger partial charge in [-0.1, -0.05) is 42.8 Å². The SMILES string of the molecule is C=CC(=O)N1C[C@H](n2c(C#CC3CC3)c(C(=O)N[C@H](C)c3ccccc3)c3c(N)ncnc32)C[C@@H]1COCC. The fourth-order valence-corrected chi connectivity index (χ4v) is 5.23. The van der Waals surface area contributed by atoms with E-state index in [1.54, 1.807) is 4.90 Å². The van der Waals surface area contributed by atoms with Gasteiger partial charge < -0.3 is 25.3 Å². The number of carbonyl (C=O) groups excluding carboxylic acids is 2. The number of nitrogens with zero attached hydrogens (tertiary/aromatic N) is 4. The van der Waals surface area contributed by atoms with Gasteiger partial charge in [-0.3, -0.25) is 9.59 Å². The second-order valence-corrected chi connectivity index (χ2v) is 10.1. The van der Waals surface area contributed by atoms with Crippen molar-refractivity contribution < 1.29 is 14.3 Å². The van der Waals surface area contributed by atoms with Crippen LogP contribution in [0.4, 0.5) is 5.82 Å². The minimum atomic E-state index is -0.292. The number of nitrogens with one attached hydrogen (secondary N) is 1. The molecule has 0 spiro atoms. The van der Waals surface area contributed by atoms with E-state index in [1.807, 2.05) is 48.7 Å². The van der Waals surface area contributed by atoms with E-state index in [1.165, 1.54) is 12.4 Å². The molecule has 9 nitrogen and oxygen atoms in total. The first-order chi connectivity index (χ1) is 18.9. The first-order valence-corrected chi connectivity index (χ1v) is 13.4. The van der Waals surface area contributed by atoms with Crippen LogP contribution in [0.1, 0.15) is 66.8 Å². The van der Waals surface area contributed by atoms with Gasteiger partial charge in [-0.15, -0.1) is 0 Å². The van der Waals surface area contributed by atoms with Gasteiger partial charge in [0.05, 0.1) is 35.7 Å². The van der Waals surface area contributed by atoms with Crippen LogP contribution >= 0.6 is 0 Å². The lowest BCUT2D eigenvalue weighted by atomic mass is 10.1. The third-order valence-electron chi connectivity index (χ3n) is 7.39. The Balaban J connectivity index is 1.62. The molecule has 202 valence electrons. The second-order valence-electron chi connectivity index (χ2n) is 10.1. The van der Waals surface area contributed by atoms with Crippen molar-refractivity contribution in [1.29, 1.82) is 0 Å². The monoisotopic (exact) mass is 526 g/mol. The number of ether oxygens (including phenoxy) is 1. The van der Waals surface area contributed by atoms with Gasteiger partial charge in [0.2, 0.25) is 5.91 Å². The van der Waals surface area contributed by atoms with Gasteiger partial charge in [0.15, 0.2) is 0 Å². The summed E-state index contributed by atoms with van der Waals surface area (Å²) in [6.45, 7) is 8.92. The molecule has 3 atom stereocenters. The highest BCUT2D eigenvalue weighted by molar-refractivity contribution is 6.12. The van der Waals surface area contributed by atoms with Crippen LogP contribution in [-0.2, 0) is 9.53 Å². The quantitative estimate of drug-likeness (QED) is 0.342. The predicted octanol–water partition coefficient (Wildman–Crippen LogP) is 3.63. The molecule has 1 aliphatic carbocycles. The molecule has 5 rings (SSSR count). The normalized spacial score (nSPS) is 19.4. The largest absolute Gasteiger partial charge is 0.383 e. The maximum atomic E-state index is 13.9. The lowest BCUT2D eigenvalue weighted by Crippen LogP contribution is -2.37. The maximum Gasteiger partial charge on any atom is 0.255 e. The second kappa shape index (κ2) is 11.3. The molecule has 1 saturated heterocycles. The van der Waals surface area contributed by atoms with E-state index in [-0.39, 0.29) is 35.8 Å². The first kappa shape index (κ1) is 26.4. The van der Waals surface area contributed by atoms with E-state index in [9.17, 15) is 9.59 Å². The summed E-state index contributed by atoms with van der Waals surface area (Å²) in [6.07, 6.45) is 5.44. The van der Waals surface area contributed by atoms with E-state index >= 15 is 0 Å². The van der Waals surface area contributed by atoms with Crippen molar-refractivity contribution in [3.05, 3.63) is 66.1 Å². The van der Waals surface area contributed by atoms with Crippen molar-refractivity contribution >= 4 is 28.7 Å². The number of anilines is 1. The molecule has 2 fully saturated rings. The van der Waals surface area contributed by atoms with Gasteiger partial charge in [0, 0.05) is 19.1 Å². The number of aromatic nitrogens is 3. The van der Waals surface area contributed by atoms with Crippen LogP contribution in [-0.4, -0.2) is 57.0 Å². The van der Waals surface area contributed by atoms with Gasteiger partial charge in [0.25, 0.3) is 5.91 Å². The van der Waals surface area contributed by atoms with E-state index in [0.717, 1.165) is 18.4 Å². The topological polar surface area (TPSA) is 115 Å². The molecule has 3 aromatic rings. The lowest BCUT2D eigenvalue weighted by Gasteiger charge is -2.22. The third kappa shape index (κ3) is 5.38. The van der Waals surface area contributed by atoms with Crippen molar-refractivity contribution in [3.63, 3.8) is 0 Å². The summed E-state index contributed by atoms with van der Waals surface area (Å²) in [7, 11) is 0. The van der Waals surface area contributed by atoms with E-state index in [2.05, 4.69) is 33.7 Å². The van der Waals surface area contributed by atoms with Crippen LogP contribution in [0.3, 0.4) is 0 Å². The van der Waals surface area contributed by atoms with Crippen LogP contribution in [0.2, 0.25) is 0 Å². The summed E-state index contributed by atoms with van der Waals surface area (Å²) >= 11 is 0. The Hall–Kier alpha value is -4.16. The standard InChI is InChI=1S/C30H34N6O3/c1-4-25(37)35-16-22(15-23(35)17-39-5-2)36-24(14-13-20-11-12-20)26(27-28(31)32-18-33-29(27)36)30(38)34-19(3)21-9-7-6-8-10-21/h4,6-10,18-20,22-23H,1,5,11-12,15-17H2,2-3H3,(H,34,38)(H2,31,32,33)/t19-,22-,23-/m1/s1. The third-order valence-corrected chi connectivity index (χ3v) is 7.39. The van der Waals surface area contributed by atoms with E-state index < -0.39 is 0 Å². The van der Waals surface area contributed by atoms with Gasteiger partial charge in [-0.05, 0) is 50.7 Å². The molecule has 0 bridgehead atoms. The average Bonchev–Trinajstić information content (AvgIpc) is 3.59. The summed E-state index contributed by atoms with van der Waals surface area (Å²) < 4.78 is 7.69. The molecular weight excluding hydrogens is 492 g/mol. The summed E-state index contributed by atoms with van der Waals surface area (Å²) in [5.74, 6) is 6.73. The zero-order valence-electron chi connectivity index (χ0n) is 22.4. The van der Waals surface area contributed by atoms with Gasteiger partial charge in [0.1, 0.15) is 23.5 Å². The van der Waals surface area contributed by atoms with Crippen LogP contribution in [0.15, 0.2) is 49.3 Å². The molecule has 1 aromatic carbocycles. The van der Waals surface area contributed by atoms with Crippen molar-refractivity contribution in [2.75, 3.05) is 25.5 Å². The minimum Gasteiger partial charge on any atom is -0.383 e. The van der Waals surface area contributed by atoms with Crippen molar-refractivity contribution in [2.45, 2.75) is 51.2 Å². The predicted molar refractivity (Wildman–Crippen MR) is 150 cm³/mol. The summed E-state index contributed by atoms with van der Waals surface area (Å²) in [4.78, 5) is 37.3. The number of likely N-dealkylation sites (tertiary alicyclic amines) is 1. The molecule has 9 heteroatoms. The molecule has 39 heavy (non-hydrogen) atoms. The van der Waals surface area contributed by atoms with Crippen LogP contribution in [0, 0.1) is 17.8 Å². The number of hydrogen-bond donors (Lipinski definition) is 2. The minimum absolute atomic E-state index is 0.142. The van der Waals surface area contributed by atoms with Crippen molar-refractivity contribution in [3.8, 4) is 11.8 Å². The van der Waals surface area contributed by atoms with E-state index in [0.29, 0.717) is 54.4 Å². The Morgan fingerprint density at radius 1 is 1.28 bits per heavy atom. The zero-order chi connectivity index (χ0) is 27.5. The molecule has 3 N–H and O–H groups in total. The Bertz CT molecular complexity index is 1450. The number of fused-ring (bicyclic) bond motifs is 1. The highest BCUT2D eigenvalue weighted by Crippen LogP contribution is 2.37. The molecule has 2 aliphatic rings. The van der Waals surface area contributed by atoms with Crippen molar-refractivity contribution in [1.82, 2.24) is 24.8 Å². The van der Waals surface area contributed by atoms with Gasteiger partial charge >= 0.3 is 0 Å². The summed E-state index contributed by atoms with van der Waals surface area (Å²) in [5, 5.41) is 3.60. The number of nitrogens with two attached hydrogens (primary N) is 1. The average molecular weight is 527 g/mol. The summed E-state index contributed by atoms with van der Waals surface area (Å²) in [5.41, 5.74) is 8.82. The highest BCUT2D eigenvalue weighted by Gasteiger charge is 2.39. The Labute approximate surface area is 228 Å². The number of amides is 2. The molecule has 1 aliphatic heterocycles. The maximum absolute atomic E-state index is 13.9. The Morgan fingerprint density at radius 2 is 2.05 bits per heavy atom. The smallest absolute Gasteiger partial charge is 0.255 e. The van der Waals surface area contributed by atoms with E-state index in [4.69, 9.17) is 10.5 Å². The van der Waals surface area contributed by atoms with Crippen LogP contribution in [0.25, 0.3) is 11.0 Å². The number of hydrogen-bond acceptors (Lipinski definition) is 6. The highest BCUT2D eigenvalue weighted by atomic mass is 16.5. The van der Waals surface area contributed by atoms with Crippen molar-refractivity contribution in [2.24, 2.45) is 5.92 Å². The lowest BCUT2D eigenvalue weighted by molar-refractivity contribution is -0.127. The molecule has 3 heterocycles. The van der Waals surface area contributed by atoms with Gasteiger partial charge in [-0.25, -0.2) is 9.97 Å². The fourth-order valence-electron chi connectivity index (χ4n) is 5.23. The molecule has 1 saturated carbocycles. The zero-order valence-corrected chi connectivity index (χ0v) is 22.4. The Kier molecular flexibility index (Phi) is 7.66. The molecule has 0 unspecified atom stereocenters. The molecule has 2 aromatic heterocycles. The summed E-state index contributed by atoms with van der Waals surface area (Å²) in [6, 6.07) is 9.20. The number of nitrogen functional groups attached to an aromatic ring is 1. The van der Waals surface area contributed by atoms with Crippen LogP contribution < -0.4 is 11.1 Å². The van der Waals surface area contributed by atoms with Gasteiger partial charge in [-0.2, -0.15) is 0 Å². The number of carbonyl (C=O) groups is 2. The van der Waals surface area contributed by atoms with Crippen LogP contribution in [0.5, 0.6) is 0 Å². The Morgan fingerprint density at radius 3 is 2.74 bits per heavy atom. The molecule has 2 amide bonds.